The summed E-state index contributed by atoms with van der Waals surface area (Å²) in [6.07, 6.45) is 7.06. The van der Waals surface area contributed by atoms with Crippen LogP contribution in [0.4, 0.5) is 0 Å². The molecule has 4 nitrogen and oxygen atoms in total. The van der Waals surface area contributed by atoms with Crippen molar-refractivity contribution in [3.63, 3.8) is 0 Å². The molecule has 1 amide bonds. The summed E-state index contributed by atoms with van der Waals surface area (Å²) in [5.74, 6) is 0.931. The maximum Gasteiger partial charge on any atom is 0.223 e. The lowest BCUT2D eigenvalue weighted by molar-refractivity contribution is -0.133. The second-order valence-electron chi connectivity index (χ2n) is 5.65. The van der Waals surface area contributed by atoms with Crippen molar-refractivity contribution < 1.29 is 9.90 Å². The van der Waals surface area contributed by atoms with E-state index < -0.39 is 0 Å². The molecular formula is C14H26N2O2. The number of rotatable bonds is 5. The third kappa shape index (κ3) is 3.69. The Hall–Kier alpha value is -0.610. The highest BCUT2D eigenvalue weighted by atomic mass is 16.3. The first kappa shape index (κ1) is 13.8. The molecule has 0 aromatic carbocycles. The van der Waals surface area contributed by atoms with Gasteiger partial charge < -0.3 is 15.3 Å². The van der Waals surface area contributed by atoms with E-state index in [-0.39, 0.29) is 6.61 Å². The van der Waals surface area contributed by atoms with E-state index in [0.29, 0.717) is 17.9 Å². The number of amides is 1. The normalized spacial score (nSPS) is 25.6. The van der Waals surface area contributed by atoms with Gasteiger partial charge in [0.1, 0.15) is 0 Å². The molecule has 2 aliphatic heterocycles. The molecule has 2 aliphatic rings. The number of piperidine rings is 1. The van der Waals surface area contributed by atoms with Gasteiger partial charge in [0.15, 0.2) is 0 Å². The molecule has 0 bridgehead atoms. The van der Waals surface area contributed by atoms with E-state index in [2.05, 4.69) is 10.2 Å². The highest BCUT2D eigenvalue weighted by Gasteiger charge is 2.29. The van der Waals surface area contributed by atoms with Crippen LogP contribution in [0.25, 0.3) is 0 Å². The van der Waals surface area contributed by atoms with Crippen molar-refractivity contribution in [2.45, 2.75) is 51.0 Å². The molecule has 2 fully saturated rings. The zero-order valence-electron chi connectivity index (χ0n) is 11.2. The second kappa shape index (κ2) is 7.10. The number of nitrogens with zero attached hydrogens (tertiary/aromatic N) is 1. The van der Waals surface area contributed by atoms with Crippen LogP contribution in [0.15, 0.2) is 0 Å². The molecule has 18 heavy (non-hydrogen) atoms. The lowest BCUT2D eigenvalue weighted by atomic mass is 9.94. The van der Waals surface area contributed by atoms with E-state index in [0.717, 1.165) is 64.6 Å². The van der Waals surface area contributed by atoms with Gasteiger partial charge in [-0.1, -0.05) is 0 Å². The Bertz CT molecular complexity index is 265. The maximum absolute atomic E-state index is 12.3. The fourth-order valence-electron chi connectivity index (χ4n) is 3.24. The summed E-state index contributed by atoms with van der Waals surface area (Å²) in [6, 6.07) is 0.395. The topological polar surface area (TPSA) is 52.6 Å². The molecule has 1 atom stereocenters. The van der Waals surface area contributed by atoms with Gasteiger partial charge in [0.2, 0.25) is 5.91 Å². The van der Waals surface area contributed by atoms with Crippen molar-refractivity contribution in [3.05, 3.63) is 0 Å². The smallest absolute Gasteiger partial charge is 0.223 e. The zero-order chi connectivity index (χ0) is 12.8. The number of hydrogen-bond donors (Lipinski definition) is 2. The average molecular weight is 254 g/mol. The van der Waals surface area contributed by atoms with Gasteiger partial charge in [0, 0.05) is 25.6 Å². The van der Waals surface area contributed by atoms with Crippen molar-refractivity contribution in [1.29, 1.82) is 0 Å². The Kier molecular flexibility index (Phi) is 5.45. The number of carbonyl (C=O) groups excluding carboxylic acids is 1. The summed E-state index contributed by atoms with van der Waals surface area (Å²) < 4.78 is 0. The molecule has 2 N–H and O–H groups in total. The highest BCUT2D eigenvalue weighted by molar-refractivity contribution is 5.77. The number of carbonyl (C=O) groups is 1. The first-order chi connectivity index (χ1) is 8.81. The predicted octanol–water partition coefficient (Wildman–Crippen LogP) is 1.14. The zero-order valence-corrected chi connectivity index (χ0v) is 11.2. The molecule has 0 radical (unpaired) electrons. The molecule has 2 rings (SSSR count). The monoisotopic (exact) mass is 254 g/mol. The third-order valence-corrected chi connectivity index (χ3v) is 4.31. The van der Waals surface area contributed by atoms with Gasteiger partial charge in [-0.3, -0.25) is 4.79 Å². The molecule has 0 aromatic heterocycles. The van der Waals surface area contributed by atoms with Crippen LogP contribution in [0.2, 0.25) is 0 Å². The third-order valence-electron chi connectivity index (χ3n) is 4.31. The minimum atomic E-state index is 0.243. The molecule has 2 saturated heterocycles. The van der Waals surface area contributed by atoms with Crippen LogP contribution in [0.5, 0.6) is 0 Å². The lowest BCUT2D eigenvalue weighted by Gasteiger charge is -2.28. The Labute approximate surface area is 110 Å². The summed E-state index contributed by atoms with van der Waals surface area (Å²) in [7, 11) is 0. The molecular weight excluding hydrogens is 228 g/mol. The van der Waals surface area contributed by atoms with Crippen molar-refractivity contribution in [2.75, 3.05) is 26.2 Å². The number of nitrogens with one attached hydrogen (secondary N) is 1. The molecule has 1 unspecified atom stereocenters. The Morgan fingerprint density at radius 3 is 2.78 bits per heavy atom. The Balaban J connectivity index is 1.79. The number of aliphatic hydroxyl groups excluding tert-OH is 1. The fraction of sp³-hybridized carbons (Fsp3) is 0.929. The van der Waals surface area contributed by atoms with Gasteiger partial charge >= 0.3 is 0 Å². The molecule has 2 heterocycles. The first-order valence-electron chi connectivity index (χ1n) is 7.42. The van der Waals surface area contributed by atoms with Crippen LogP contribution in [-0.4, -0.2) is 48.2 Å². The van der Waals surface area contributed by atoms with E-state index in [4.69, 9.17) is 5.11 Å². The van der Waals surface area contributed by atoms with Crippen LogP contribution < -0.4 is 5.32 Å². The number of aliphatic hydroxyl groups is 1. The van der Waals surface area contributed by atoms with Gasteiger partial charge in [-0.25, -0.2) is 0 Å². The van der Waals surface area contributed by atoms with Crippen molar-refractivity contribution >= 4 is 5.91 Å². The standard InChI is InChI=1S/C14H26N2O2/c17-10-2-4-13-3-1-9-16(13)14(18)11-12-5-7-15-8-6-12/h12-13,15,17H,1-11H2. The van der Waals surface area contributed by atoms with E-state index in [9.17, 15) is 4.79 Å². The minimum absolute atomic E-state index is 0.243. The summed E-state index contributed by atoms with van der Waals surface area (Å²) in [4.78, 5) is 14.4. The highest BCUT2D eigenvalue weighted by Crippen LogP contribution is 2.25. The van der Waals surface area contributed by atoms with E-state index in [1.54, 1.807) is 0 Å². The fourth-order valence-corrected chi connectivity index (χ4v) is 3.24. The molecule has 0 aromatic rings. The number of hydrogen-bond acceptors (Lipinski definition) is 3. The van der Waals surface area contributed by atoms with E-state index >= 15 is 0 Å². The van der Waals surface area contributed by atoms with Gasteiger partial charge in [-0.05, 0) is 57.5 Å². The van der Waals surface area contributed by atoms with Crippen LogP contribution >= 0.6 is 0 Å². The van der Waals surface area contributed by atoms with Crippen LogP contribution in [-0.2, 0) is 4.79 Å². The number of likely N-dealkylation sites (tertiary alicyclic amines) is 1. The van der Waals surface area contributed by atoms with E-state index in [1.807, 2.05) is 0 Å². The lowest BCUT2D eigenvalue weighted by Crippen LogP contribution is -2.38. The van der Waals surface area contributed by atoms with Crippen molar-refractivity contribution in [2.24, 2.45) is 5.92 Å². The Morgan fingerprint density at radius 1 is 1.28 bits per heavy atom. The van der Waals surface area contributed by atoms with E-state index in [1.165, 1.54) is 0 Å². The predicted molar refractivity (Wildman–Crippen MR) is 71.3 cm³/mol. The van der Waals surface area contributed by atoms with Gasteiger partial charge in [-0.2, -0.15) is 0 Å². The molecule has 4 heteroatoms. The van der Waals surface area contributed by atoms with Crippen LogP contribution in [0.1, 0.15) is 44.9 Å². The van der Waals surface area contributed by atoms with Crippen LogP contribution in [0, 0.1) is 5.92 Å². The minimum Gasteiger partial charge on any atom is -0.396 e. The molecule has 0 spiro atoms. The van der Waals surface area contributed by atoms with Gasteiger partial charge in [0.05, 0.1) is 0 Å². The van der Waals surface area contributed by atoms with Crippen molar-refractivity contribution in [1.82, 2.24) is 10.2 Å². The molecule has 0 saturated carbocycles. The maximum atomic E-state index is 12.3. The Morgan fingerprint density at radius 2 is 2.06 bits per heavy atom. The quantitative estimate of drug-likeness (QED) is 0.773. The van der Waals surface area contributed by atoms with Gasteiger partial charge in [0.25, 0.3) is 0 Å². The molecule has 0 aliphatic carbocycles. The summed E-state index contributed by atoms with van der Waals surface area (Å²) >= 11 is 0. The summed E-state index contributed by atoms with van der Waals surface area (Å²) in [5.41, 5.74) is 0. The second-order valence-corrected chi connectivity index (χ2v) is 5.65. The van der Waals surface area contributed by atoms with Crippen LogP contribution in [0.3, 0.4) is 0 Å². The summed E-state index contributed by atoms with van der Waals surface area (Å²) in [6.45, 7) is 3.30. The van der Waals surface area contributed by atoms with Crippen molar-refractivity contribution in [3.8, 4) is 0 Å². The SMILES string of the molecule is O=C(CC1CCNCC1)N1CCCC1CCCO. The first-order valence-corrected chi connectivity index (χ1v) is 7.42. The largest absolute Gasteiger partial charge is 0.396 e. The summed E-state index contributed by atoms with van der Waals surface area (Å²) in [5, 5.41) is 12.2. The van der Waals surface area contributed by atoms with Gasteiger partial charge in [-0.15, -0.1) is 0 Å². The average Bonchev–Trinajstić information content (AvgIpc) is 2.86. The molecule has 104 valence electrons.